The average Bonchev–Trinajstić information content (AvgIpc) is 2.41. The molecule has 0 bridgehead atoms. The van der Waals surface area contributed by atoms with Crippen molar-refractivity contribution in [3.63, 3.8) is 0 Å². The van der Waals surface area contributed by atoms with Crippen LogP contribution in [0.2, 0.25) is 5.02 Å². The molecular formula is C13H9ClN2O4. The maximum atomic E-state index is 11.9. The molecule has 2 aromatic rings. The molecule has 2 rings (SSSR count). The Labute approximate surface area is 118 Å². The molecule has 7 heteroatoms. The summed E-state index contributed by atoms with van der Waals surface area (Å²) in [5.74, 6) is -2.11. The van der Waals surface area contributed by atoms with E-state index in [4.69, 9.17) is 16.7 Å². The second kappa shape index (κ2) is 5.58. The molecule has 1 aromatic carbocycles. The predicted octanol–water partition coefficient (Wildman–Crippen LogP) is 2.39. The second-order valence-corrected chi connectivity index (χ2v) is 4.23. The number of nitrogens with one attached hydrogen (secondary N) is 1. The van der Waals surface area contributed by atoms with E-state index in [-0.39, 0.29) is 27.7 Å². The SMILES string of the molecule is O=C(O)c1ccc(Cl)c(NC(=O)c2ncccc2O)c1. The summed E-state index contributed by atoms with van der Waals surface area (Å²) in [4.78, 5) is 26.5. The number of aromatic carboxylic acids is 1. The maximum absolute atomic E-state index is 11.9. The van der Waals surface area contributed by atoms with Gasteiger partial charge in [-0.25, -0.2) is 9.78 Å². The van der Waals surface area contributed by atoms with Gasteiger partial charge in [0.15, 0.2) is 5.69 Å². The van der Waals surface area contributed by atoms with E-state index in [0.717, 1.165) is 0 Å². The number of nitrogens with zero attached hydrogens (tertiary/aromatic N) is 1. The van der Waals surface area contributed by atoms with Gasteiger partial charge in [0, 0.05) is 6.20 Å². The standard InChI is InChI=1S/C13H9ClN2O4/c14-8-4-3-7(13(19)20)6-9(8)16-12(18)11-10(17)2-1-5-15-11/h1-6,17H,(H,16,18)(H,19,20). The van der Waals surface area contributed by atoms with Crippen LogP contribution in [0.5, 0.6) is 5.75 Å². The molecule has 20 heavy (non-hydrogen) atoms. The lowest BCUT2D eigenvalue weighted by Gasteiger charge is -2.08. The highest BCUT2D eigenvalue weighted by Crippen LogP contribution is 2.24. The Hall–Kier alpha value is -2.60. The number of aromatic hydroxyl groups is 1. The van der Waals surface area contributed by atoms with Crippen molar-refractivity contribution >= 4 is 29.2 Å². The number of benzene rings is 1. The summed E-state index contributed by atoms with van der Waals surface area (Å²) >= 11 is 5.88. The monoisotopic (exact) mass is 292 g/mol. The lowest BCUT2D eigenvalue weighted by molar-refractivity contribution is 0.0696. The molecule has 0 saturated heterocycles. The molecule has 102 valence electrons. The Morgan fingerprint density at radius 1 is 1.25 bits per heavy atom. The summed E-state index contributed by atoms with van der Waals surface area (Å²) in [6.07, 6.45) is 1.35. The average molecular weight is 293 g/mol. The third-order valence-corrected chi connectivity index (χ3v) is 2.79. The molecule has 1 aromatic heterocycles. The summed E-state index contributed by atoms with van der Waals surface area (Å²) in [7, 11) is 0. The van der Waals surface area contributed by atoms with Crippen LogP contribution in [0.25, 0.3) is 0 Å². The fraction of sp³-hybridized carbons (Fsp3) is 0. The highest BCUT2D eigenvalue weighted by atomic mass is 35.5. The maximum Gasteiger partial charge on any atom is 0.335 e. The number of carbonyl (C=O) groups excluding carboxylic acids is 1. The van der Waals surface area contributed by atoms with Gasteiger partial charge < -0.3 is 15.5 Å². The minimum absolute atomic E-state index is 0.0186. The number of rotatable bonds is 3. The molecule has 0 aliphatic rings. The molecule has 0 unspecified atom stereocenters. The van der Waals surface area contributed by atoms with E-state index in [1.807, 2.05) is 0 Å². The van der Waals surface area contributed by atoms with Gasteiger partial charge in [0.05, 0.1) is 16.3 Å². The number of amides is 1. The summed E-state index contributed by atoms with van der Waals surface area (Å²) < 4.78 is 0. The van der Waals surface area contributed by atoms with Crippen LogP contribution in [0.1, 0.15) is 20.8 Å². The van der Waals surface area contributed by atoms with Gasteiger partial charge in [0.25, 0.3) is 5.91 Å². The molecule has 0 saturated carbocycles. The van der Waals surface area contributed by atoms with E-state index in [1.165, 1.54) is 36.5 Å². The van der Waals surface area contributed by atoms with Crippen molar-refractivity contribution in [2.45, 2.75) is 0 Å². The number of aromatic nitrogens is 1. The highest BCUT2D eigenvalue weighted by Gasteiger charge is 2.15. The lowest BCUT2D eigenvalue weighted by Crippen LogP contribution is -2.14. The van der Waals surface area contributed by atoms with Crippen LogP contribution in [-0.4, -0.2) is 27.1 Å². The number of carboxylic acid groups (broad SMARTS) is 1. The van der Waals surface area contributed by atoms with Gasteiger partial charge in [0.1, 0.15) is 5.75 Å². The lowest BCUT2D eigenvalue weighted by atomic mass is 10.2. The summed E-state index contributed by atoms with van der Waals surface area (Å²) in [6.45, 7) is 0. The number of carboxylic acids is 1. The first-order valence-electron chi connectivity index (χ1n) is 5.47. The first-order chi connectivity index (χ1) is 9.49. The van der Waals surface area contributed by atoms with Gasteiger partial charge in [0.2, 0.25) is 0 Å². The quantitative estimate of drug-likeness (QED) is 0.806. The zero-order valence-corrected chi connectivity index (χ0v) is 10.8. The van der Waals surface area contributed by atoms with Crippen molar-refractivity contribution in [3.05, 3.63) is 52.8 Å². The van der Waals surface area contributed by atoms with Gasteiger partial charge in [-0.1, -0.05) is 11.6 Å². The largest absolute Gasteiger partial charge is 0.505 e. The number of pyridine rings is 1. The Kier molecular flexibility index (Phi) is 3.86. The topological polar surface area (TPSA) is 99.5 Å². The van der Waals surface area contributed by atoms with Crippen LogP contribution >= 0.6 is 11.6 Å². The number of anilines is 1. The van der Waals surface area contributed by atoms with Crippen LogP contribution < -0.4 is 5.32 Å². The molecule has 6 nitrogen and oxygen atoms in total. The van der Waals surface area contributed by atoms with E-state index < -0.39 is 11.9 Å². The predicted molar refractivity (Wildman–Crippen MR) is 72.3 cm³/mol. The van der Waals surface area contributed by atoms with Crippen LogP contribution in [0, 0.1) is 0 Å². The molecule has 3 N–H and O–H groups in total. The fourth-order valence-electron chi connectivity index (χ4n) is 1.51. The van der Waals surface area contributed by atoms with Crippen molar-refractivity contribution in [2.75, 3.05) is 5.32 Å². The van der Waals surface area contributed by atoms with Gasteiger partial charge >= 0.3 is 5.97 Å². The Morgan fingerprint density at radius 2 is 2.00 bits per heavy atom. The van der Waals surface area contributed by atoms with Gasteiger partial charge in [-0.2, -0.15) is 0 Å². The number of halogens is 1. The van der Waals surface area contributed by atoms with Crippen LogP contribution in [-0.2, 0) is 0 Å². The fourth-order valence-corrected chi connectivity index (χ4v) is 1.67. The van der Waals surface area contributed by atoms with Crippen LogP contribution in [0.3, 0.4) is 0 Å². The normalized spacial score (nSPS) is 10.1. The Balaban J connectivity index is 2.30. The van der Waals surface area contributed by atoms with Crippen molar-refractivity contribution in [1.29, 1.82) is 0 Å². The van der Waals surface area contributed by atoms with Crippen molar-refractivity contribution in [3.8, 4) is 5.75 Å². The van der Waals surface area contributed by atoms with E-state index in [1.54, 1.807) is 0 Å². The molecule has 0 radical (unpaired) electrons. The third kappa shape index (κ3) is 2.86. The highest BCUT2D eigenvalue weighted by molar-refractivity contribution is 6.34. The van der Waals surface area contributed by atoms with E-state index in [0.29, 0.717) is 0 Å². The van der Waals surface area contributed by atoms with E-state index >= 15 is 0 Å². The molecule has 0 fully saturated rings. The minimum atomic E-state index is -1.14. The molecule has 1 heterocycles. The number of hydrogen-bond donors (Lipinski definition) is 3. The molecule has 0 aliphatic heterocycles. The Bertz CT molecular complexity index is 688. The van der Waals surface area contributed by atoms with Gasteiger partial charge in [-0.05, 0) is 30.3 Å². The molecular weight excluding hydrogens is 284 g/mol. The molecule has 0 atom stereocenters. The van der Waals surface area contributed by atoms with E-state index in [2.05, 4.69) is 10.3 Å². The summed E-state index contributed by atoms with van der Waals surface area (Å²) in [6, 6.07) is 6.70. The van der Waals surface area contributed by atoms with Crippen molar-refractivity contribution in [1.82, 2.24) is 4.98 Å². The first kappa shape index (κ1) is 13.8. The summed E-state index contributed by atoms with van der Waals surface area (Å²) in [5.41, 5.74) is -0.0687. The summed E-state index contributed by atoms with van der Waals surface area (Å²) in [5, 5.41) is 21.0. The van der Waals surface area contributed by atoms with Gasteiger partial charge in [-0.15, -0.1) is 0 Å². The smallest absolute Gasteiger partial charge is 0.335 e. The number of hydrogen-bond acceptors (Lipinski definition) is 4. The number of carbonyl (C=O) groups is 2. The van der Waals surface area contributed by atoms with E-state index in [9.17, 15) is 14.7 Å². The van der Waals surface area contributed by atoms with Crippen molar-refractivity contribution < 1.29 is 19.8 Å². The molecule has 0 spiro atoms. The van der Waals surface area contributed by atoms with Crippen LogP contribution in [0.4, 0.5) is 5.69 Å². The van der Waals surface area contributed by atoms with Crippen molar-refractivity contribution in [2.24, 2.45) is 0 Å². The van der Waals surface area contributed by atoms with Crippen LogP contribution in [0.15, 0.2) is 36.5 Å². The van der Waals surface area contributed by atoms with Gasteiger partial charge in [-0.3, -0.25) is 4.79 Å². The Morgan fingerprint density at radius 3 is 2.65 bits per heavy atom. The third-order valence-electron chi connectivity index (χ3n) is 2.46. The minimum Gasteiger partial charge on any atom is -0.505 e. The first-order valence-corrected chi connectivity index (χ1v) is 5.85. The second-order valence-electron chi connectivity index (χ2n) is 3.83. The zero-order chi connectivity index (χ0) is 14.7. The molecule has 0 aliphatic carbocycles. The molecule has 1 amide bonds. The zero-order valence-electron chi connectivity index (χ0n) is 10.0.